The summed E-state index contributed by atoms with van der Waals surface area (Å²) in [5.41, 5.74) is 0.884. The van der Waals surface area contributed by atoms with Crippen molar-refractivity contribution in [3.8, 4) is 10.6 Å². The van der Waals surface area contributed by atoms with Crippen molar-refractivity contribution in [2.45, 2.75) is 26.7 Å². The van der Waals surface area contributed by atoms with E-state index >= 15 is 0 Å². The second-order valence-electron chi connectivity index (χ2n) is 5.92. The number of hydrogen-bond acceptors (Lipinski definition) is 6. The van der Waals surface area contributed by atoms with Crippen molar-refractivity contribution in [2.75, 3.05) is 25.0 Å². The number of thiophene rings is 1. The van der Waals surface area contributed by atoms with Crippen LogP contribution in [-0.2, 0) is 9.53 Å². The van der Waals surface area contributed by atoms with Crippen LogP contribution in [0.15, 0.2) is 17.5 Å². The predicted octanol–water partition coefficient (Wildman–Crippen LogP) is 3.99. The SMILES string of the molecule is CCOC(=O)N1CCCC(C(=O)Nc2nc(-c3ccc(C)s3)cs2)C1. The number of amides is 2. The summed E-state index contributed by atoms with van der Waals surface area (Å²) >= 11 is 3.10. The van der Waals surface area contributed by atoms with Gasteiger partial charge in [0.05, 0.1) is 23.1 Å². The number of thiazole rings is 1. The van der Waals surface area contributed by atoms with Gasteiger partial charge in [-0.15, -0.1) is 22.7 Å². The molecule has 1 aliphatic rings. The Morgan fingerprint density at radius 1 is 1.44 bits per heavy atom. The van der Waals surface area contributed by atoms with Gasteiger partial charge in [0.25, 0.3) is 0 Å². The van der Waals surface area contributed by atoms with Gasteiger partial charge in [0, 0.05) is 23.3 Å². The molecule has 2 aromatic heterocycles. The van der Waals surface area contributed by atoms with Crippen molar-refractivity contribution in [3.05, 3.63) is 22.4 Å². The average molecular weight is 380 g/mol. The van der Waals surface area contributed by atoms with E-state index in [9.17, 15) is 9.59 Å². The molecule has 0 bridgehead atoms. The molecule has 1 unspecified atom stereocenters. The topological polar surface area (TPSA) is 71.5 Å². The summed E-state index contributed by atoms with van der Waals surface area (Å²) in [5, 5.41) is 5.44. The van der Waals surface area contributed by atoms with Crippen molar-refractivity contribution in [1.29, 1.82) is 0 Å². The van der Waals surface area contributed by atoms with E-state index in [2.05, 4.69) is 23.3 Å². The van der Waals surface area contributed by atoms with Crippen molar-refractivity contribution in [2.24, 2.45) is 5.92 Å². The molecular formula is C17H21N3O3S2. The van der Waals surface area contributed by atoms with Gasteiger partial charge in [-0.05, 0) is 38.8 Å². The molecule has 2 amide bonds. The maximum absolute atomic E-state index is 12.5. The van der Waals surface area contributed by atoms with Gasteiger partial charge in [-0.1, -0.05) is 0 Å². The number of aryl methyl sites for hydroxylation is 1. The van der Waals surface area contributed by atoms with Gasteiger partial charge in [-0.25, -0.2) is 9.78 Å². The van der Waals surface area contributed by atoms with Gasteiger partial charge in [-0.3, -0.25) is 4.79 Å². The van der Waals surface area contributed by atoms with E-state index in [1.807, 2.05) is 11.4 Å². The quantitative estimate of drug-likeness (QED) is 0.872. The molecule has 3 heterocycles. The van der Waals surface area contributed by atoms with Gasteiger partial charge in [0.15, 0.2) is 5.13 Å². The first-order valence-corrected chi connectivity index (χ1v) is 10.0. The Morgan fingerprint density at radius 3 is 3.00 bits per heavy atom. The minimum absolute atomic E-state index is 0.0859. The van der Waals surface area contributed by atoms with Crippen LogP contribution in [-0.4, -0.2) is 41.6 Å². The van der Waals surface area contributed by atoms with Crippen LogP contribution in [0.1, 0.15) is 24.6 Å². The number of carbonyl (C=O) groups is 2. The molecule has 2 aromatic rings. The number of aromatic nitrogens is 1. The van der Waals surface area contributed by atoms with Crippen LogP contribution >= 0.6 is 22.7 Å². The number of nitrogens with one attached hydrogen (secondary N) is 1. The molecule has 3 rings (SSSR count). The lowest BCUT2D eigenvalue weighted by atomic mass is 9.97. The number of likely N-dealkylation sites (tertiary alicyclic amines) is 1. The Bertz CT molecular complexity index is 756. The van der Waals surface area contributed by atoms with Crippen LogP contribution < -0.4 is 5.32 Å². The highest BCUT2D eigenvalue weighted by Crippen LogP contribution is 2.30. The number of ether oxygens (including phenoxy) is 1. The number of anilines is 1. The first kappa shape index (κ1) is 17.9. The maximum Gasteiger partial charge on any atom is 0.409 e. The smallest absolute Gasteiger partial charge is 0.409 e. The molecule has 0 aliphatic carbocycles. The van der Waals surface area contributed by atoms with Crippen molar-refractivity contribution in [3.63, 3.8) is 0 Å². The normalized spacial score (nSPS) is 17.4. The number of carbonyl (C=O) groups excluding carboxylic acids is 2. The monoisotopic (exact) mass is 379 g/mol. The molecule has 0 saturated carbocycles. The Labute approximate surface area is 154 Å². The zero-order valence-corrected chi connectivity index (χ0v) is 15.9. The van der Waals surface area contributed by atoms with Gasteiger partial charge >= 0.3 is 6.09 Å². The Balaban J connectivity index is 1.60. The number of rotatable bonds is 4. The highest BCUT2D eigenvalue weighted by Gasteiger charge is 2.29. The van der Waals surface area contributed by atoms with Crippen molar-refractivity contribution in [1.82, 2.24) is 9.88 Å². The van der Waals surface area contributed by atoms with Crippen LogP contribution in [0.25, 0.3) is 10.6 Å². The zero-order chi connectivity index (χ0) is 17.8. The van der Waals surface area contributed by atoms with Crippen LogP contribution in [0.3, 0.4) is 0 Å². The number of nitrogens with zero attached hydrogens (tertiary/aromatic N) is 2. The Hall–Kier alpha value is -1.93. The molecule has 6 nitrogen and oxygen atoms in total. The van der Waals surface area contributed by atoms with E-state index in [1.54, 1.807) is 23.2 Å². The maximum atomic E-state index is 12.5. The molecule has 0 radical (unpaired) electrons. The third kappa shape index (κ3) is 4.38. The van der Waals surface area contributed by atoms with E-state index in [1.165, 1.54) is 16.2 Å². The summed E-state index contributed by atoms with van der Waals surface area (Å²) in [6.07, 6.45) is 1.23. The third-order valence-corrected chi connectivity index (χ3v) is 5.83. The summed E-state index contributed by atoms with van der Waals surface area (Å²) in [6, 6.07) is 4.10. The molecule has 25 heavy (non-hydrogen) atoms. The highest BCUT2D eigenvalue weighted by atomic mass is 32.1. The van der Waals surface area contributed by atoms with Crippen molar-refractivity contribution < 1.29 is 14.3 Å². The molecule has 134 valence electrons. The van der Waals surface area contributed by atoms with E-state index < -0.39 is 0 Å². The van der Waals surface area contributed by atoms with Crippen LogP contribution in [0.2, 0.25) is 0 Å². The number of piperidine rings is 1. The lowest BCUT2D eigenvalue weighted by molar-refractivity contribution is -0.121. The lowest BCUT2D eigenvalue weighted by Crippen LogP contribution is -2.44. The van der Waals surface area contributed by atoms with Crippen LogP contribution in [0.4, 0.5) is 9.93 Å². The molecule has 0 spiro atoms. The molecule has 1 aliphatic heterocycles. The minimum Gasteiger partial charge on any atom is -0.450 e. The molecule has 0 aromatic carbocycles. The van der Waals surface area contributed by atoms with Crippen LogP contribution in [0, 0.1) is 12.8 Å². The summed E-state index contributed by atoms with van der Waals surface area (Å²) in [6.45, 7) is 5.22. The summed E-state index contributed by atoms with van der Waals surface area (Å²) in [7, 11) is 0. The molecule has 1 atom stereocenters. The van der Waals surface area contributed by atoms with E-state index in [4.69, 9.17) is 4.74 Å². The molecule has 8 heteroatoms. The van der Waals surface area contributed by atoms with Crippen LogP contribution in [0.5, 0.6) is 0 Å². The predicted molar refractivity (Wildman–Crippen MR) is 100 cm³/mol. The summed E-state index contributed by atoms with van der Waals surface area (Å²) in [4.78, 5) is 32.8. The lowest BCUT2D eigenvalue weighted by Gasteiger charge is -2.30. The molecular weight excluding hydrogens is 358 g/mol. The van der Waals surface area contributed by atoms with E-state index in [-0.39, 0.29) is 17.9 Å². The summed E-state index contributed by atoms with van der Waals surface area (Å²) < 4.78 is 5.03. The molecule has 1 fully saturated rings. The first-order valence-electron chi connectivity index (χ1n) is 8.31. The fourth-order valence-corrected chi connectivity index (χ4v) is 4.41. The Kier molecular flexibility index (Phi) is 5.70. The fourth-order valence-electron chi connectivity index (χ4n) is 2.80. The van der Waals surface area contributed by atoms with Gasteiger partial charge in [0.1, 0.15) is 0 Å². The highest BCUT2D eigenvalue weighted by molar-refractivity contribution is 7.17. The van der Waals surface area contributed by atoms with Gasteiger partial charge in [0.2, 0.25) is 5.91 Å². The first-order chi connectivity index (χ1) is 12.1. The van der Waals surface area contributed by atoms with E-state index in [0.29, 0.717) is 24.8 Å². The Morgan fingerprint density at radius 2 is 2.28 bits per heavy atom. The third-order valence-electron chi connectivity index (χ3n) is 4.05. The van der Waals surface area contributed by atoms with E-state index in [0.717, 1.165) is 23.4 Å². The second-order valence-corrected chi connectivity index (χ2v) is 8.07. The number of hydrogen-bond donors (Lipinski definition) is 1. The van der Waals surface area contributed by atoms with Gasteiger partial charge in [-0.2, -0.15) is 0 Å². The fraction of sp³-hybridized carbons (Fsp3) is 0.471. The largest absolute Gasteiger partial charge is 0.450 e. The minimum atomic E-state index is -0.343. The van der Waals surface area contributed by atoms with Gasteiger partial charge < -0.3 is 15.0 Å². The van der Waals surface area contributed by atoms with Crippen molar-refractivity contribution >= 4 is 39.8 Å². The second kappa shape index (κ2) is 7.97. The zero-order valence-electron chi connectivity index (χ0n) is 14.3. The summed E-state index contributed by atoms with van der Waals surface area (Å²) in [5.74, 6) is -0.313. The average Bonchev–Trinajstić information content (AvgIpc) is 3.24. The standard InChI is InChI=1S/C17H21N3O3S2/c1-3-23-17(22)20-8-4-5-12(9-20)15(21)19-16-18-13(10-24-16)14-7-6-11(2)25-14/h6-7,10,12H,3-5,8-9H2,1-2H3,(H,18,19,21). The molecule has 1 N–H and O–H groups in total. The molecule has 1 saturated heterocycles.